The summed E-state index contributed by atoms with van der Waals surface area (Å²) in [7, 11) is 0. The summed E-state index contributed by atoms with van der Waals surface area (Å²) >= 11 is 3.51. The van der Waals surface area contributed by atoms with Crippen LogP contribution in [0.1, 0.15) is 32.9 Å². The van der Waals surface area contributed by atoms with Crippen molar-refractivity contribution in [2.24, 2.45) is 10.9 Å². The van der Waals surface area contributed by atoms with Gasteiger partial charge in [-0.15, -0.1) is 0 Å². The highest BCUT2D eigenvalue weighted by Gasteiger charge is 2.11. The summed E-state index contributed by atoms with van der Waals surface area (Å²) < 4.78 is 15.8. The van der Waals surface area contributed by atoms with E-state index in [1.807, 2.05) is 30.7 Å². The second-order valence-corrected chi connectivity index (χ2v) is 6.99. The Bertz CT molecular complexity index is 1030. The Morgan fingerprint density at radius 2 is 1.75 bits per heavy atom. The average Bonchev–Trinajstić information content (AvgIpc) is 2.93. The van der Waals surface area contributed by atoms with Crippen molar-refractivity contribution in [2.75, 3.05) is 0 Å². The predicted molar refractivity (Wildman–Crippen MR) is 107 cm³/mol. The number of hydrogen-bond acceptors (Lipinski definition) is 4. The number of aromatic nitrogens is 2. The highest BCUT2D eigenvalue weighted by molar-refractivity contribution is 9.10. The lowest BCUT2D eigenvalue weighted by atomic mass is 10.1. The molecular formula is C20H18BrFN4O2. The fourth-order valence-corrected chi connectivity index (χ4v) is 2.85. The van der Waals surface area contributed by atoms with E-state index in [0.717, 1.165) is 21.4 Å². The molecule has 0 aliphatic carbocycles. The Morgan fingerprint density at radius 1 is 1.14 bits per heavy atom. The largest absolute Gasteiger partial charge is 0.380 e. The van der Waals surface area contributed by atoms with Gasteiger partial charge in [0.1, 0.15) is 5.82 Å². The summed E-state index contributed by atoms with van der Waals surface area (Å²) in [6, 6.07) is 12.4. The van der Waals surface area contributed by atoms with Gasteiger partial charge in [-0.25, -0.2) is 9.18 Å². The molecule has 0 unspecified atom stereocenters. The first-order valence-electron chi connectivity index (χ1n) is 8.44. The molecule has 0 aliphatic heterocycles. The van der Waals surface area contributed by atoms with Crippen LogP contribution >= 0.6 is 15.9 Å². The van der Waals surface area contributed by atoms with E-state index in [1.165, 1.54) is 24.3 Å². The van der Waals surface area contributed by atoms with Crippen molar-refractivity contribution >= 4 is 27.7 Å². The average molecular weight is 445 g/mol. The van der Waals surface area contributed by atoms with Gasteiger partial charge in [-0.2, -0.15) is 5.10 Å². The van der Waals surface area contributed by atoms with Gasteiger partial charge in [0.25, 0.3) is 0 Å². The maximum atomic E-state index is 12.9. The normalized spacial score (nSPS) is 11.5. The van der Waals surface area contributed by atoms with Crippen LogP contribution in [0.2, 0.25) is 0 Å². The number of aryl methyl sites for hydroxylation is 1. The van der Waals surface area contributed by atoms with Gasteiger partial charge in [-0.1, -0.05) is 17.3 Å². The maximum absolute atomic E-state index is 12.9. The molecule has 1 aromatic heterocycles. The fraction of sp³-hybridized carbons (Fsp3) is 0.150. The summed E-state index contributed by atoms with van der Waals surface area (Å²) in [5, 5.41) is 8.09. The van der Waals surface area contributed by atoms with Gasteiger partial charge in [-0.3, -0.25) is 4.68 Å². The zero-order chi connectivity index (χ0) is 20.3. The second-order valence-electron chi connectivity index (χ2n) is 6.20. The molecule has 0 saturated heterocycles. The van der Waals surface area contributed by atoms with E-state index in [-0.39, 0.29) is 11.7 Å². The van der Waals surface area contributed by atoms with Crippen molar-refractivity contribution in [3.8, 4) is 0 Å². The number of nitrogens with zero attached hydrogens (tertiary/aromatic N) is 3. The Labute approximate surface area is 169 Å². The molecule has 2 N–H and O–H groups in total. The van der Waals surface area contributed by atoms with E-state index < -0.39 is 5.97 Å². The first-order valence-corrected chi connectivity index (χ1v) is 9.23. The molecule has 3 rings (SSSR count). The molecule has 0 atom stereocenters. The van der Waals surface area contributed by atoms with Crippen LogP contribution in [0.5, 0.6) is 0 Å². The molecule has 0 spiro atoms. The summed E-state index contributed by atoms with van der Waals surface area (Å²) in [5.41, 5.74) is 9.50. The lowest BCUT2D eigenvalue weighted by Crippen LogP contribution is -2.15. The molecule has 0 aliphatic rings. The Kier molecular flexibility index (Phi) is 5.89. The van der Waals surface area contributed by atoms with Gasteiger partial charge in [0.15, 0.2) is 5.84 Å². The number of carbonyl (C=O) groups excluding carboxylic acids is 1. The van der Waals surface area contributed by atoms with E-state index >= 15 is 0 Å². The van der Waals surface area contributed by atoms with E-state index in [9.17, 15) is 9.18 Å². The van der Waals surface area contributed by atoms with Gasteiger partial charge in [0.05, 0.1) is 28.0 Å². The molecule has 2 aromatic carbocycles. The third-order valence-corrected chi connectivity index (χ3v) is 5.33. The lowest BCUT2D eigenvalue weighted by molar-refractivity contribution is 0.0516. The maximum Gasteiger partial charge on any atom is 0.365 e. The van der Waals surface area contributed by atoms with Crippen molar-refractivity contribution in [1.82, 2.24) is 9.78 Å². The smallest absolute Gasteiger partial charge is 0.365 e. The first kappa shape index (κ1) is 19.8. The monoisotopic (exact) mass is 444 g/mol. The molecule has 0 fully saturated rings. The number of oxime groups is 1. The number of halogens is 2. The number of benzene rings is 2. The van der Waals surface area contributed by atoms with Crippen LogP contribution in [0, 0.1) is 19.7 Å². The van der Waals surface area contributed by atoms with Crippen LogP contribution in [-0.4, -0.2) is 21.6 Å². The SMILES string of the molecule is Cc1nn(Cc2ccc(C(=O)O/N=C(\N)c3ccc(F)cc3)cc2)c(C)c1Br. The molecule has 6 nitrogen and oxygen atoms in total. The minimum atomic E-state index is -0.634. The Hall–Kier alpha value is -3.00. The molecule has 3 aromatic rings. The highest BCUT2D eigenvalue weighted by Crippen LogP contribution is 2.20. The molecule has 0 saturated carbocycles. The van der Waals surface area contributed by atoms with E-state index in [2.05, 4.69) is 26.2 Å². The van der Waals surface area contributed by atoms with Gasteiger partial charge >= 0.3 is 5.97 Å². The second kappa shape index (κ2) is 8.35. The van der Waals surface area contributed by atoms with Crippen molar-refractivity contribution in [2.45, 2.75) is 20.4 Å². The Morgan fingerprint density at radius 3 is 2.32 bits per heavy atom. The fourth-order valence-electron chi connectivity index (χ4n) is 2.56. The number of amidine groups is 1. The van der Waals surface area contributed by atoms with E-state index in [1.54, 1.807) is 12.1 Å². The molecule has 8 heteroatoms. The van der Waals surface area contributed by atoms with Crippen molar-refractivity contribution in [3.05, 3.63) is 86.9 Å². The number of hydrogen-bond donors (Lipinski definition) is 1. The zero-order valence-electron chi connectivity index (χ0n) is 15.3. The molecule has 0 amide bonds. The minimum absolute atomic E-state index is 0.0138. The topological polar surface area (TPSA) is 82.5 Å². The van der Waals surface area contributed by atoms with Crippen LogP contribution in [-0.2, 0) is 11.4 Å². The molecule has 28 heavy (non-hydrogen) atoms. The molecule has 144 valence electrons. The van der Waals surface area contributed by atoms with Crippen LogP contribution in [0.3, 0.4) is 0 Å². The van der Waals surface area contributed by atoms with Crippen LogP contribution in [0.25, 0.3) is 0 Å². The van der Waals surface area contributed by atoms with Gasteiger partial charge in [0, 0.05) is 5.56 Å². The van der Waals surface area contributed by atoms with Crippen molar-refractivity contribution in [1.29, 1.82) is 0 Å². The third kappa shape index (κ3) is 4.45. The first-order chi connectivity index (χ1) is 13.3. The van der Waals surface area contributed by atoms with Crippen molar-refractivity contribution < 1.29 is 14.0 Å². The van der Waals surface area contributed by atoms with Crippen LogP contribution < -0.4 is 5.73 Å². The highest BCUT2D eigenvalue weighted by atomic mass is 79.9. The van der Waals surface area contributed by atoms with Gasteiger partial charge < -0.3 is 10.6 Å². The lowest BCUT2D eigenvalue weighted by Gasteiger charge is -2.06. The summed E-state index contributed by atoms with van der Waals surface area (Å²) in [4.78, 5) is 17.0. The molecule has 0 bridgehead atoms. The molecule has 0 radical (unpaired) electrons. The molecular weight excluding hydrogens is 427 g/mol. The van der Waals surface area contributed by atoms with E-state index in [4.69, 9.17) is 10.6 Å². The number of rotatable bonds is 5. The zero-order valence-corrected chi connectivity index (χ0v) is 16.9. The summed E-state index contributed by atoms with van der Waals surface area (Å²) in [6.45, 7) is 4.51. The predicted octanol–water partition coefficient (Wildman–Crippen LogP) is 3.93. The summed E-state index contributed by atoms with van der Waals surface area (Å²) in [5.74, 6) is -1.04. The van der Waals surface area contributed by atoms with E-state index in [0.29, 0.717) is 17.7 Å². The third-order valence-electron chi connectivity index (χ3n) is 4.18. The van der Waals surface area contributed by atoms with Crippen molar-refractivity contribution in [3.63, 3.8) is 0 Å². The van der Waals surface area contributed by atoms with Crippen LogP contribution in [0.15, 0.2) is 58.2 Å². The minimum Gasteiger partial charge on any atom is -0.380 e. The number of carbonyl (C=O) groups is 1. The quantitative estimate of drug-likeness (QED) is 0.279. The number of nitrogens with two attached hydrogens (primary N) is 1. The van der Waals surface area contributed by atoms with Gasteiger partial charge in [-0.05, 0) is 71.7 Å². The Balaban J connectivity index is 1.65. The standard InChI is InChI=1S/C20H18BrFN4O2/c1-12-18(21)13(2)26(24-12)11-14-3-5-16(6-4-14)20(27)28-25-19(23)15-7-9-17(22)10-8-15/h3-10H,11H2,1-2H3,(H2,23,25). The van der Waals surface area contributed by atoms with Gasteiger partial charge in [0.2, 0.25) is 0 Å². The summed E-state index contributed by atoms with van der Waals surface area (Å²) in [6.07, 6.45) is 0. The molecule has 1 heterocycles. The van der Waals surface area contributed by atoms with Crippen LogP contribution in [0.4, 0.5) is 4.39 Å².